The molecule has 0 spiro atoms. The van der Waals surface area contributed by atoms with Gasteiger partial charge in [0, 0.05) is 18.7 Å². The van der Waals surface area contributed by atoms with Gasteiger partial charge in [0.15, 0.2) is 0 Å². The van der Waals surface area contributed by atoms with Crippen molar-refractivity contribution in [2.24, 2.45) is 0 Å². The summed E-state index contributed by atoms with van der Waals surface area (Å²) >= 11 is 0. The molecule has 5 heteroatoms. The van der Waals surface area contributed by atoms with Gasteiger partial charge in [0.1, 0.15) is 11.9 Å². The minimum absolute atomic E-state index is 0.0408. The molecule has 1 saturated heterocycles. The zero-order valence-electron chi connectivity index (χ0n) is 11.8. The van der Waals surface area contributed by atoms with Gasteiger partial charge in [-0.3, -0.25) is 0 Å². The topological polar surface area (TPSA) is 54.3 Å². The van der Waals surface area contributed by atoms with E-state index < -0.39 is 5.82 Å². The highest BCUT2D eigenvalue weighted by Gasteiger charge is 2.28. The highest BCUT2D eigenvalue weighted by atomic mass is 19.1. The van der Waals surface area contributed by atoms with E-state index in [2.05, 4.69) is 5.32 Å². The second-order valence-corrected chi connectivity index (χ2v) is 5.54. The van der Waals surface area contributed by atoms with E-state index in [1.54, 1.807) is 12.1 Å². The first kappa shape index (κ1) is 14.9. The molecule has 1 atom stereocenters. The third kappa shape index (κ3) is 3.76. The van der Waals surface area contributed by atoms with Gasteiger partial charge >= 0.3 is 0 Å². The molecule has 0 aromatic heterocycles. The number of rotatable bonds is 4. The molecule has 0 radical (unpaired) electrons. The van der Waals surface area contributed by atoms with E-state index >= 15 is 0 Å². The largest absolute Gasteiger partial charge is 0.374 e. The molecule has 1 aromatic carbocycles. The second kappa shape index (κ2) is 6.31. The van der Waals surface area contributed by atoms with Gasteiger partial charge in [0.05, 0.1) is 30.5 Å². The lowest BCUT2D eigenvalue weighted by atomic mass is 10.1. The number of nitrogens with zero attached hydrogens (tertiary/aromatic N) is 1. The Balaban J connectivity index is 1.86. The lowest BCUT2D eigenvalue weighted by Gasteiger charge is -2.36. The summed E-state index contributed by atoms with van der Waals surface area (Å²) in [5.41, 5.74) is 0.230. The zero-order valence-corrected chi connectivity index (χ0v) is 11.8. The average molecular weight is 278 g/mol. The van der Waals surface area contributed by atoms with Crippen LogP contribution in [-0.2, 0) is 16.1 Å². The van der Waals surface area contributed by atoms with Crippen LogP contribution in [0.15, 0.2) is 18.2 Å². The first-order chi connectivity index (χ1) is 9.52. The predicted molar refractivity (Wildman–Crippen MR) is 72.6 cm³/mol. The quantitative estimate of drug-likeness (QED) is 0.915. The number of hydrogen-bond donors (Lipinski definition) is 1. The Morgan fingerprint density at radius 3 is 3.05 bits per heavy atom. The van der Waals surface area contributed by atoms with E-state index in [0.717, 1.165) is 13.1 Å². The maximum Gasteiger partial charge on any atom is 0.146 e. The predicted octanol–water partition coefficient (Wildman–Crippen LogP) is 1.98. The van der Waals surface area contributed by atoms with Crippen LogP contribution in [0.2, 0.25) is 0 Å². The Labute approximate surface area is 118 Å². The van der Waals surface area contributed by atoms with Crippen LogP contribution in [0.1, 0.15) is 25.0 Å². The third-order valence-corrected chi connectivity index (χ3v) is 3.17. The minimum atomic E-state index is -0.502. The molecule has 1 unspecified atom stereocenters. The molecule has 0 aliphatic carbocycles. The Morgan fingerprint density at radius 1 is 1.55 bits per heavy atom. The van der Waals surface area contributed by atoms with E-state index in [1.807, 2.05) is 19.9 Å². The van der Waals surface area contributed by atoms with E-state index in [1.165, 1.54) is 6.07 Å². The molecular weight excluding hydrogens is 259 g/mol. The van der Waals surface area contributed by atoms with Crippen molar-refractivity contribution < 1.29 is 13.9 Å². The monoisotopic (exact) mass is 278 g/mol. The van der Waals surface area contributed by atoms with Crippen LogP contribution >= 0.6 is 0 Å². The molecule has 0 amide bonds. The molecular formula is C15H19FN2O2. The molecule has 1 aliphatic heterocycles. The van der Waals surface area contributed by atoms with Crippen molar-refractivity contribution in [1.29, 1.82) is 5.26 Å². The Morgan fingerprint density at radius 2 is 2.35 bits per heavy atom. The lowest BCUT2D eigenvalue weighted by Crippen LogP contribution is -2.51. The minimum Gasteiger partial charge on any atom is -0.374 e. The fourth-order valence-corrected chi connectivity index (χ4v) is 2.24. The van der Waals surface area contributed by atoms with E-state index in [0.29, 0.717) is 12.2 Å². The molecule has 108 valence electrons. The maximum atomic E-state index is 13.8. The summed E-state index contributed by atoms with van der Waals surface area (Å²) in [6, 6.07) is 6.55. The van der Waals surface area contributed by atoms with Crippen LogP contribution in [0.5, 0.6) is 0 Å². The number of halogens is 1. The van der Waals surface area contributed by atoms with Crippen molar-refractivity contribution in [3.05, 3.63) is 35.1 Å². The molecule has 20 heavy (non-hydrogen) atoms. The van der Waals surface area contributed by atoms with E-state index in [-0.39, 0.29) is 23.9 Å². The van der Waals surface area contributed by atoms with Crippen LogP contribution in [0.3, 0.4) is 0 Å². The number of morpholine rings is 1. The van der Waals surface area contributed by atoms with Crippen LogP contribution in [0.25, 0.3) is 0 Å². The Bertz CT molecular complexity index is 511. The molecule has 1 aliphatic rings. The van der Waals surface area contributed by atoms with E-state index in [4.69, 9.17) is 14.7 Å². The molecule has 1 aromatic rings. The van der Waals surface area contributed by atoms with Gasteiger partial charge in [0.2, 0.25) is 0 Å². The smallest absolute Gasteiger partial charge is 0.146 e. The molecule has 1 heterocycles. The summed E-state index contributed by atoms with van der Waals surface area (Å²) in [4.78, 5) is 0. The van der Waals surface area contributed by atoms with Crippen molar-refractivity contribution in [2.75, 3.05) is 19.7 Å². The number of nitriles is 1. The second-order valence-electron chi connectivity index (χ2n) is 5.54. The summed E-state index contributed by atoms with van der Waals surface area (Å²) < 4.78 is 25.2. The average Bonchev–Trinajstić information content (AvgIpc) is 2.40. The Hall–Kier alpha value is -1.48. The van der Waals surface area contributed by atoms with E-state index in [9.17, 15) is 4.39 Å². The standard InChI is InChI=1S/C15H19FN2O2/c1-15(2)10-18-7-13(20-15)9-19-8-12-5-3-4-11(6-17)14(12)16/h3-5,13,18H,7-10H2,1-2H3. The van der Waals surface area contributed by atoms with Gasteiger partial charge < -0.3 is 14.8 Å². The summed E-state index contributed by atoms with van der Waals surface area (Å²) in [6.45, 7) is 6.10. The molecule has 0 saturated carbocycles. The van der Waals surface area contributed by atoms with Gasteiger partial charge in [0.25, 0.3) is 0 Å². The molecule has 2 rings (SSSR count). The number of nitrogens with one attached hydrogen (secondary N) is 1. The number of hydrogen-bond acceptors (Lipinski definition) is 4. The van der Waals surface area contributed by atoms with Crippen LogP contribution in [-0.4, -0.2) is 31.4 Å². The van der Waals surface area contributed by atoms with Crippen LogP contribution in [0, 0.1) is 17.1 Å². The highest BCUT2D eigenvalue weighted by molar-refractivity contribution is 5.34. The first-order valence-corrected chi connectivity index (χ1v) is 6.65. The highest BCUT2D eigenvalue weighted by Crippen LogP contribution is 2.17. The molecule has 4 nitrogen and oxygen atoms in total. The maximum absolute atomic E-state index is 13.8. The fraction of sp³-hybridized carbons (Fsp3) is 0.533. The van der Waals surface area contributed by atoms with Gasteiger partial charge in [-0.05, 0) is 19.9 Å². The van der Waals surface area contributed by atoms with Crippen molar-refractivity contribution in [3.8, 4) is 6.07 Å². The molecule has 1 N–H and O–H groups in total. The van der Waals surface area contributed by atoms with Gasteiger partial charge in [-0.25, -0.2) is 4.39 Å². The number of ether oxygens (including phenoxy) is 2. The summed E-state index contributed by atoms with van der Waals surface area (Å²) in [5.74, 6) is -0.502. The SMILES string of the molecule is CC1(C)CNCC(COCc2cccc(C#N)c2F)O1. The summed E-state index contributed by atoms with van der Waals surface area (Å²) in [6.07, 6.45) is -0.0408. The normalized spacial score (nSPS) is 21.4. The van der Waals surface area contributed by atoms with Crippen molar-refractivity contribution in [2.45, 2.75) is 32.2 Å². The molecule has 0 bridgehead atoms. The summed E-state index contributed by atoms with van der Waals surface area (Å²) in [5, 5.41) is 12.1. The number of benzene rings is 1. The van der Waals surface area contributed by atoms with Gasteiger partial charge in [-0.1, -0.05) is 12.1 Å². The van der Waals surface area contributed by atoms with Crippen molar-refractivity contribution in [3.63, 3.8) is 0 Å². The lowest BCUT2D eigenvalue weighted by molar-refractivity contribution is -0.122. The summed E-state index contributed by atoms with van der Waals surface area (Å²) in [7, 11) is 0. The first-order valence-electron chi connectivity index (χ1n) is 6.65. The van der Waals surface area contributed by atoms with Crippen LogP contribution < -0.4 is 5.32 Å². The third-order valence-electron chi connectivity index (χ3n) is 3.17. The Kier molecular flexibility index (Phi) is 4.71. The van der Waals surface area contributed by atoms with Gasteiger partial charge in [-0.2, -0.15) is 5.26 Å². The van der Waals surface area contributed by atoms with Crippen LogP contribution in [0.4, 0.5) is 4.39 Å². The van der Waals surface area contributed by atoms with Gasteiger partial charge in [-0.15, -0.1) is 0 Å². The zero-order chi connectivity index (χ0) is 14.6. The fourth-order valence-electron chi connectivity index (χ4n) is 2.24. The molecule has 1 fully saturated rings. The van der Waals surface area contributed by atoms with Crippen molar-refractivity contribution >= 4 is 0 Å². The van der Waals surface area contributed by atoms with Crippen molar-refractivity contribution in [1.82, 2.24) is 5.32 Å².